The number of benzene rings is 3. The van der Waals surface area contributed by atoms with Crippen LogP contribution in [-0.2, 0) is 6.54 Å². The van der Waals surface area contributed by atoms with E-state index in [9.17, 15) is 9.59 Å². The van der Waals surface area contributed by atoms with E-state index in [2.05, 4.69) is 10.4 Å². The van der Waals surface area contributed by atoms with Crippen molar-refractivity contribution in [2.45, 2.75) is 6.54 Å². The van der Waals surface area contributed by atoms with Crippen LogP contribution in [0, 0.1) is 0 Å². The van der Waals surface area contributed by atoms with Gasteiger partial charge in [0.2, 0.25) is 0 Å². The Balaban J connectivity index is 1.75. The number of carbonyl (C=O) groups is 1. The summed E-state index contributed by atoms with van der Waals surface area (Å²) in [6.45, 7) is 0.263. The lowest BCUT2D eigenvalue weighted by Crippen LogP contribution is -2.28. The maximum atomic E-state index is 13.0. The van der Waals surface area contributed by atoms with Crippen molar-refractivity contribution in [1.82, 2.24) is 9.78 Å². The van der Waals surface area contributed by atoms with Gasteiger partial charge < -0.3 is 10.1 Å². The zero-order valence-electron chi connectivity index (χ0n) is 16.1. The molecule has 1 N–H and O–H groups in total. The van der Waals surface area contributed by atoms with Crippen molar-refractivity contribution in [3.05, 3.63) is 99.4 Å². The van der Waals surface area contributed by atoms with E-state index in [0.29, 0.717) is 27.2 Å². The predicted octanol–water partition coefficient (Wildman–Crippen LogP) is 4.36. The molecule has 0 aliphatic heterocycles. The van der Waals surface area contributed by atoms with E-state index < -0.39 is 5.91 Å². The zero-order chi connectivity index (χ0) is 21.1. The lowest BCUT2D eigenvalue weighted by Gasteiger charge is -2.12. The molecule has 1 aromatic heterocycles. The van der Waals surface area contributed by atoms with Crippen LogP contribution in [0.5, 0.6) is 5.75 Å². The smallest absolute Gasteiger partial charge is 0.276 e. The second-order valence-electron chi connectivity index (χ2n) is 6.65. The summed E-state index contributed by atoms with van der Waals surface area (Å²) >= 11 is 6.15. The molecule has 0 aliphatic carbocycles. The third-order valence-electron chi connectivity index (χ3n) is 4.67. The molecular formula is C23H18ClN3O3. The molecule has 0 saturated carbocycles. The van der Waals surface area contributed by atoms with Gasteiger partial charge in [0.15, 0.2) is 5.69 Å². The number of nitrogens with zero attached hydrogens (tertiary/aromatic N) is 2. The van der Waals surface area contributed by atoms with Gasteiger partial charge in [-0.2, -0.15) is 5.10 Å². The van der Waals surface area contributed by atoms with Crippen LogP contribution in [0.25, 0.3) is 10.8 Å². The number of amides is 1. The van der Waals surface area contributed by atoms with Gasteiger partial charge in [-0.25, -0.2) is 4.68 Å². The number of fused-ring (bicyclic) bond motifs is 1. The van der Waals surface area contributed by atoms with Gasteiger partial charge in [-0.15, -0.1) is 0 Å². The summed E-state index contributed by atoms with van der Waals surface area (Å²) < 4.78 is 6.45. The fraction of sp³-hybridized carbons (Fsp3) is 0.0870. The lowest BCUT2D eigenvalue weighted by molar-refractivity contribution is 0.102. The first kappa shape index (κ1) is 19.7. The van der Waals surface area contributed by atoms with Gasteiger partial charge in [0.25, 0.3) is 11.5 Å². The highest BCUT2D eigenvalue weighted by atomic mass is 35.5. The fourth-order valence-corrected chi connectivity index (χ4v) is 3.46. The Morgan fingerprint density at radius 3 is 2.43 bits per heavy atom. The van der Waals surface area contributed by atoms with Crippen LogP contribution in [-0.4, -0.2) is 22.8 Å². The normalized spacial score (nSPS) is 10.7. The molecule has 0 radical (unpaired) electrons. The molecule has 0 aliphatic rings. The average molecular weight is 420 g/mol. The highest BCUT2D eigenvalue weighted by molar-refractivity contribution is 6.32. The molecule has 4 aromatic rings. The van der Waals surface area contributed by atoms with E-state index in [1.807, 2.05) is 30.3 Å². The molecule has 0 bridgehead atoms. The predicted molar refractivity (Wildman–Crippen MR) is 118 cm³/mol. The number of carbonyl (C=O) groups excluding carboxylic acids is 1. The van der Waals surface area contributed by atoms with Crippen LogP contribution in [0.3, 0.4) is 0 Å². The Bertz CT molecular complexity index is 1290. The average Bonchev–Trinajstić information content (AvgIpc) is 2.76. The number of nitrogens with one attached hydrogen (secondary N) is 1. The molecule has 0 spiro atoms. The summed E-state index contributed by atoms with van der Waals surface area (Å²) in [5, 5.41) is 8.48. The molecule has 3 aromatic carbocycles. The number of rotatable bonds is 5. The van der Waals surface area contributed by atoms with E-state index in [1.165, 1.54) is 11.8 Å². The van der Waals surface area contributed by atoms with Gasteiger partial charge in [-0.3, -0.25) is 9.59 Å². The highest BCUT2D eigenvalue weighted by Gasteiger charge is 2.17. The molecule has 0 saturated heterocycles. The Morgan fingerprint density at radius 2 is 1.73 bits per heavy atom. The van der Waals surface area contributed by atoms with Gasteiger partial charge in [-0.1, -0.05) is 60.1 Å². The Labute approximate surface area is 177 Å². The van der Waals surface area contributed by atoms with E-state index in [4.69, 9.17) is 16.3 Å². The minimum Gasteiger partial charge on any atom is -0.495 e. The molecule has 30 heavy (non-hydrogen) atoms. The monoisotopic (exact) mass is 419 g/mol. The highest BCUT2D eigenvalue weighted by Crippen LogP contribution is 2.27. The van der Waals surface area contributed by atoms with E-state index >= 15 is 0 Å². The van der Waals surface area contributed by atoms with Crippen molar-refractivity contribution in [2.75, 3.05) is 12.4 Å². The van der Waals surface area contributed by atoms with Crippen LogP contribution in [0.1, 0.15) is 16.1 Å². The third kappa shape index (κ3) is 3.90. The minimum atomic E-state index is -0.436. The van der Waals surface area contributed by atoms with Crippen LogP contribution in [0.15, 0.2) is 77.6 Å². The molecule has 0 atom stereocenters. The summed E-state index contributed by atoms with van der Waals surface area (Å²) in [4.78, 5) is 26.0. The number of methoxy groups -OCH3 is 1. The van der Waals surface area contributed by atoms with E-state index in [-0.39, 0.29) is 17.8 Å². The van der Waals surface area contributed by atoms with Crippen molar-refractivity contribution in [3.8, 4) is 5.75 Å². The molecule has 6 nitrogen and oxygen atoms in total. The molecule has 4 rings (SSSR count). The summed E-state index contributed by atoms with van der Waals surface area (Å²) in [7, 11) is 1.52. The zero-order valence-corrected chi connectivity index (χ0v) is 16.9. The van der Waals surface area contributed by atoms with Crippen molar-refractivity contribution in [2.24, 2.45) is 0 Å². The largest absolute Gasteiger partial charge is 0.495 e. The second kappa shape index (κ2) is 8.39. The van der Waals surface area contributed by atoms with Crippen LogP contribution < -0.4 is 15.6 Å². The molecule has 1 amide bonds. The molecule has 0 fully saturated rings. The number of anilines is 1. The van der Waals surface area contributed by atoms with Crippen LogP contribution >= 0.6 is 11.6 Å². The summed E-state index contributed by atoms with van der Waals surface area (Å²) in [5.41, 5.74) is 1.32. The molecule has 0 unspecified atom stereocenters. The topological polar surface area (TPSA) is 73.2 Å². The molecule has 7 heteroatoms. The maximum absolute atomic E-state index is 13.0. The Hall–Kier alpha value is -3.64. The first-order valence-corrected chi connectivity index (χ1v) is 9.63. The lowest BCUT2D eigenvalue weighted by atomic mass is 10.1. The summed E-state index contributed by atoms with van der Waals surface area (Å²) in [5.74, 6) is 0.0731. The van der Waals surface area contributed by atoms with E-state index in [0.717, 1.165) is 5.56 Å². The molecule has 150 valence electrons. The maximum Gasteiger partial charge on any atom is 0.276 e. The first-order chi connectivity index (χ1) is 14.6. The summed E-state index contributed by atoms with van der Waals surface area (Å²) in [6, 6.07) is 21.4. The second-order valence-corrected chi connectivity index (χ2v) is 7.05. The standard InChI is InChI=1S/C23H18ClN3O3/c1-30-20-12-11-16(13-19(20)24)25-22(28)21-17-9-5-6-10-18(17)23(29)27(26-21)14-15-7-3-2-4-8-15/h2-13H,14H2,1H3,(H,25,28). The first-order valence-electron chi connectivity index (χ1n) is 9.25. The van der Waals surface area contributed by atoms with Gasteiger partial charge in [0, 0.05) is 11.1 Å². The van der Waals surface area contributed by atoms with Gasteiger partial charge in [-0.05, 0) is 29.8 Å². The Morgan fingerprint density at radius 1 is 1.03 bits per heavy atom. The van der Waals surface area contributed by atoms with Crippen LogP contribution in [0.2, 0.25) is 5.02 Å². The summed E-state index contributed by atoms with van der Waals surface area (Å²) in [6.07, 6.45) is 0. The van der Waals surface area contributed by atoms with Crippen molar-refractivity contribution in [1.29, 1.82) is 0 Å². The van der Waals surface area contributed by atoms with Gasteiger partial charge >= 0.3 is 0 Å². The van der Waals surface area contributed by atoms with E-state index in [1.54, 1.807) is 42.5 Å². The van der Waals surface area contributed by atoms with Crippen molar-refractivity contribution in [3.63, 3.8) is 0 Å². The van der Waals surface area contributed by atoms with Gasteiger partial charge in [0.05, 0.1) is 24.1 Å². The SMILES string of the molecule is COc1ccc(NC(=O)c2nn(Cc3ccccc3)c(=O)c3ccccc23)cc1Cl. The fourth-order valence-electron chi connectivity index (χ4n) is 3.20. The number of hydrogen-bond acceptors (Lipinski definition) is 4. The molecular weight excluding hydrogens is 402 g/mol. The van der Waals surface area contributed by atoms with Crippen LogP contribution in [0.4, 0.5) is 5.69 Å². The molecule has 1 heterocycles. The quantitative estimate of drug-likeness (QED) is 0.521. The number of ether oxygens (including phenoxy) is 1. The van der Waals surface area contributed by atoms with Crippen molar-refractivity contribution >= 4 is 34.0 Å². The number of hydrogen-bond donors (Lipinski definition) is 1. The van der Waals surface area contributed by atoms with Crippen molar-refractivity contribution < 1.29 is 9.53 Å². The third-order valence-corrected chi connectivity index (χ3v) is 4.96. The number of halogens is 1. The minimum absolute atomic E-state index is 0.160. The Kier molecular flexibility index (Phi) is 5.50. The van der Waals surface area contributed by atoms with Gasteiger partial charge in [0.1, 0.15) is 5.75 Å². The number of aromatic nitrogens is 2.